The van der Waals surface area contributed by atoms with Crippen LogP contribution < -0.4 is 10.5 Å². The van der Waals surface area contributed by atoms with Gasteiger partial charge in [-0.25, -0.2) is 9.78 Å². The van der Waals surface area contributed by atoms with Gasteiger partial charge in [0.1, 0.15) is 11.4 Å². The van der Waals surface area contributed by atoms with Crippen molar-refractivity contribution in [3.05, 3.63) is 28.9 Å². The van der Waals surface area contributed by atoms with E-state index >= 15 is 0 Å². The summed E-state index contributed by atoms with van der Waals surface area (Å²) < 4.78 is 10.3. The Morgan fingerprint density at radius 2 is 2.41 bits per heavy atom. The zero-order valence-corrected chi connectivity index (χ0v) is 12.6. The summed E-state index contributed by atoms with van der Waals surface area (Å²) in [6, 6.07) is 3.58. The molecule has 1 aliphatic rings. The molecule has 1 fully saturated rings. The van der Waals surface area contributed by atoms with Gasteiger partial charge >= 0.3 is 5.76 Å². The number of hydrogen-bond donors (Lipinski definition) is 1. The average Bonchev–Trinajstić information content (AvgIpc) is 3.00. The number of H-pyrrole nitrogens is 1. The Hall–Kier alpha value is -2.15. The molecule has 2 aromatic rings. The van der Waals surface area contributed by atoms with Gasteiger partial charge in [-0.05, 0) is 38.1 Å². The maximum Gasteiger partial charge on any atom is 0.439 e. The van der Waals surface area contributed by atoms with E-state index < -0.39 is 5.76 Å². The molecule has 1 N–H and O–H groups in total. The van der Waals surface area contributed by atoms with Crippen LogP contribution in [-0.4, -0.2) is 46.3 Å². The third-order valence-corrected chi connectivity index (χ3v) is 3.96. The second-order valence-corrected chi connectivity index (χ2v) is 5.54. The zero-order valence-electron chi connectivity index (χ0n) is 12.6. The molecule has 0 saturated carbocycles. The lowest BCUT2D eigenvalue weighted by Gasteiger charge is -2.31. The van der Waals surface area contributed by atoms with Crippen molar-refractivity contribution >= 4 is 0 Å². The summed E-state index contributed by atoms with van der Waals surface area (Å²) in [5.74, 6) is 1.03. The fourth-order valence-electron chi connectivity index (χ4n) is 2.73. The molecule has 0 spiro atoms. The van der Waals surface area contributed by atoms with Crippen LogP contribution in [0, 0.1) is 5.92 Å². The standard InChI is InChI=1S/C15H20N4O3/c1-2-19-7-3-4-11(9-19)10-21-12-5-6-13(16-8-12)14-17-15(20)22-18-14/h5-6,8,11H,2-4,7,9-10H2,1H3,(H,17,18,20)/t11-/m0/s1. The molecule has 0 amide bonds. The van der Waals surface area contributed by atoms with E-state index in [4.69, 9.17) is 4.74 Å². The molecule has 7 heteroatoms. The zero-order chi connectivity index (χ0) is 15.4. The Morgan fingerprint density at radius 1 is 1.50 bits per heavy atom. The van der Waals surface area contributed by atoms with Gasteiger partial charge in [0.25, 0.3) is 0 Å². The Bertz CT molecular complexity index is 649. The molecule has 1 aliphatic heterocycles. The van der Waals surface area contributed by atoms with E-state index in [2.05, 4.69) is 31.5 Å². The van der Waals surface area contributed by atoms with Crippen molar-refractivity contribution in [3.63, 3.8) is 0 Å². The number of nitrogens with zero attached hydrogens (tertiary/aromatic N) is 3. The lowest BCUT2D eigenvalue weighted by molar-refractivity contribution is 0.134. The molecule has 1 atom stereocenters. The largest absolute Gasteiger partial charge is 0.492 e. The average molecular weight is 304 g/mol. The number of rotatable bonds is 5. The third-order valence-electron chi connectivity index (χ3n) is 3.96. The van der Waals surface area contributed by atoms with Crippen LogP contribution in [0.1, 0.15) is 19.8 Å². The normalized spacial score (nSPS) is 19.2. The first-order chi connectivity index (χ1) is 10.7. The second kappa shape index (κ2) is 6.74. The van der Waals surface area contributed by atoms with Gasteiger partial charge in [-0.15, -0.1) is 0 Å². The van der Waals surface area contributed by atoms with Gasteiger partial charge in [-0.3, -0.25) is 9.51 Å². The minimum absolute atomic E-state index is 0.322. The maximum absolute atomic E-state index is 10.9. The number of aromatic nitrogens is 3. The predicted molar refractivity (Wildman–Crippen MR) is 80.7 cm³/mol. The highest BCUT2D eigenvalue weighted by Gasteiger charge is 2.19. The molecule has 3 rings (SSSR count). The fourth-order valence-corrected chi connectivity index (χ4v) is 2.73. The first-order valence-corrected chi connectivity index (χ1v) is 7.62. The van der Waals surface area contributed by atoms with Crippen LogP contribution in [0.3, 0.4) is 0 Å². The monoisotopic (exact) mass is 304 g/mol. The summed E-state index contributed by atoms with van der Waals surface area (Å²) in [5, 5.41) is 3.60. The number of hydrogen-bond acceptors (Lipinski definition) is 6. The van der Waals surface area contributed by atoms with Crippen molar-refractivity contribution in [1.29, 1.82) is 0 Å². The number of likely N-dealkylation sites (tertiary alicyclic amines) is 1. The first kappa shape index (κ1) is 14.8. The highest BCUT2D eigenvalue weighted by molar-refractivity contribution is 5.48. The van der Waals surface area contributed by atoms with E-state index in [0.29, 0.717) is 24.0 Å². The minimum Gasteiger partial charge on any atom is -0.492 e. The van der Waals surface area contributed by atoms with Crippen LogP contribution in [0.5, 0.6) is 5.75 Å². The van der Waals surface area contributed by atoms with E-state index in [1.54, 1.807) is 12.3 Å². The van der Waals surface area contributed by atoms with E-state index in [1.807, 2.05) is 6.07 Å². The molecule has 0 unspecified atom stereocenters. The van der Waals surface area contributed by atoms with Crippen LogP contribution in [-0.2, 0) is 0 Å². The molecule has 3 heterocycles. The second-order valence-electron chi connectivity index (χ2n) is 5.54. The van der Waals surface area contributed by atoms with Crippen LogP contribution in [0.2, 0.25) is 0 Å². The highest BCUT2D eigenvalue weighted by Crippen LogP contribution is 2.19. The molecule has 0 aliphatic carbocycles. The van der Waals surface area contributed by atoms with Gasteiger partial charge in [0.2, 0.25) is 5.82 Å². The van der Waals surface area contributed by atoms with Crippen LogP contribution in [0.25, 0.3) is 11.5 Å². The van der Waals surface area contributed by atoms with Crippen molar-refractivity contribution < 1.29 is 9.26 Å². The maximum atomic E-state index is 10.9. The number of ether oxygens (including phenoxy) is 1. The molecule has 2 aromatic heterocycles. The lowest BCUT2D eigenvalue weighted by atomic mass is 9.99. The quantitative estimate of drug-likeness (QED) is 0.902. The van der Waals surface area contributed by atoms with Crippen molar-refractivity contribution in [2.45, 2.75) is 19.8 Å². The Kier molecular flexibility index (Phi) is 4.53. The molecular formula is C15H20N4O3. The Labute approximate surface area is 128 Å². The highest BCUT2D eigenvalue weighted by atomic mass is 16.5. The first-order valence-electron chi connectivity index (χ1n) is 7.62. The van der Waals surface area contributed by atoms with E-state index in [0.717, 1.165) is 18.8 Å². The predicted octanol–water partition coefficient (Wildman–Crippen LogP) is 1.54. The number of piperidine rings is 1. The van der Waals surface area contributed by atoms with Crippen molar-refractivity contribution in [2.75, 3.05) is 26.2 Å². The SMILES string of the molecule is CCN1CCC[C@H](COc2ccc(-c3noc(=O)[nH]3)nc2)C1. The van der Waals surface area contributed by atoms with Gasteiger partial charge in [-0.1, -0.05) is 12.1 Å². The van der Waals surface area contributed by atoms with E-state index in [1.165, 1.54) is 19.4 Å². The van der Waals surface area contributed by atoms with Crippen LogP contribution in [0.4, 0.5) is 0 Å². The molecule has 7 nitrogen and oxygen atoms in total. The molecule has 0 aromatic carbocycles. The minimum atomic E-state index is -0.588. The van der Waals surface area contributed by atoms with Gasteiger partial charge in [0.05, 0.1) is 12.8 Å². The molecule has 1 saturated heterocycles. The lowest BCUT2D eigenvalue weighted by Crippen LogP contribution is -2.37. The Balaban J connectivity index is 1.56. The molecule has 0 bridgehead atoms. The van der Waals surface area contributed by atoms with Crippen molar-refractivity contribution in [3.8, 4) is 17.3 Å². The molecule has 118 valence electrons. The van der Waals surface area contributed by atoms with E-state index in [-0.39, 0.29) is 0 Å². The number of aromatic amines is 1. The van der Waals surface area contributed by atoms with Crippen molar-refractivity contribution in [1.82, 2.24) is 20.0 Å². The van der Waals surface area contributed by atoms with Gasteiger partial charge in [0.15, 0.2) is 0 Å². The van der Waals surface area contributed by atoms with Gasteiger partial charge in [0, 0.05) is 12.5 Å². The van der Waals surface area contributed by atoms with Crippen molar-refractivity contribution in [2.24, 2.45) is 5.92 Å². The van der Waals surface area contributed by atoms with E-state index in [9.17, 15) is 4.79 Å². The molecular weight excluding hydrogens is 284 g/mol. The van der Waals surface area contributed by atoms with Gasteiger partial charge < -0.3 is 9.64 Å². The summed E-state index contributed by atoms with van der Waals surface area (Å²) in [6.45, 7) is 6.29. The molecule has 0 radical (unpaired) electrons. The Morgan fingerprint density at radius 3 is 3.09 bits per heavy atom. The topological polar surface area (TPSA) is 84.2 Å². The summed E-state index contributed by atoms with van der Waals surface area (Å²) in [4.78, 5) is 20.1. The molecule has 22 heavy (non-hydrogen) atoms. The third kappa shape index (κ3) is 3.54. The van der Waals surface area contributed by atoms with Crippen LogP contribution >= 0.6 is 0 Å². The fraction of sp³-hybridized carbons (Fsp3) is 0.533. The van der Waals surface area contributed by atoms with Gasteiger partial charge in [-0.2, -0.15) is 0 Å². The number of nitrogens with one attached hydrogen (secondary N) is 1. The number of pyridine rings is 1. The summed E-state index contributed by atoms with van der Waals surface area (Å²) in [6.07, 6.45) is 4.09. The summed E-state index contributed by atoms with van der Waals surface area (Å²) in [7, 11) is 0. The summed E-state index contributed by atoms with van der Waals surface area (Å²) in [5.41, 5.74) is 0.549. The van der Waals surface area contributed by atoms with Crippen LogP contribution in [0.15, 0.2) is 27.6 Å². The summed E-state index contributed by atoms with van der Waals surface area (Å²) >= 11 is 0. The smallest absolute Gasteiger partial charge is 0.439 e.